The van der Waals surface area contributed by atoms with E-state index >= 15 is 0 Å². The average Bonchev–Trinajstić information content (AvgIpc) is 2.82. The van der Waals surface area contributed by atoms with Crippen molar-refractivity contribution in [1.29, 1.82) is 0 Å². The standard InChI is InChI=1S/C25H25FN4O2/c1-2-25(31)30-14-6-7-19(17-30)29-22-12-13-27-16-23(22)28-18-10-11-24(21(26)15-18)32-20-8-4-3-5-9-20/h2-5,8-13,15-16,19,28H,1,6-7,14,17H2,(H,27,29). The van der Waals surface area contributed by atoms with E-state index < -0.39 is 5.82 Å². The molecule has 1 amide bonds. The molecular formula is C25H25FN4O2. The van der Waals surface area contributed by atoms with E-state index in [0.717, 1.165) is 30.8 Å². The minimum Gasteiger partial charge on any atom is -0.454 e. The van der Waals surface area contributed by atoms with Crippen LogP contribution in [0.2, 0.25) is 0 Å². The number of hydrogen-bond donors (Lipinski definition) is 2. The monoisotopic (exact) mass is 432 g/mol. The third kappa shape index (κ3) is 5.24. The molecule has 1 aliphatic heterocycles. The highest BCUT2D eigenvalue weighted by atomic mass is 19.1. The van der Waals surface area contributed by atoms with E-state index in [1.54, 1.807) is 41.6 Å². The molecule has 0 radical (unpaired) electrons. The summed E-state index contributed by atoms with van der Waals surface area (Å²) >= 11 is 0. The number of carbonyl (C=O) groups excluding carboxylic acids is 1. The summed E-state index contributed by atoms with van der Waals surface area (Å²) in [7, 11) is 0. The Balaban J connectivity index is 1.45. The molecule has 2 heterocycles. The number of pyridine rings is 1. The molecule has 0 bridgehead atoms. The molecule has 1 fully saturated rings. The van der Waals surface area contributed by atoms with Crippen LogP contribution in [0.1, 0.15) is 12.8 Å². The molecule has 0 aliphatic carbocycles. The summed E-state index contributed by atoms with van der Waals surface area (Å²) in [5.41, 5.74) is 2.13. The van der Waals surface area contributed by atoms with Gasteiger partial charge in [-0.1, -0.05) is 24.8 Å². The van der Waals surface area contributed by atoms with Crippen LogP contribution in [-0.4, -0.2) is 34.9 Å². The molecule has 2 N–H and O–H groups in total. The molecule has 7 heteroatoms. The van der Waals surface area contributed by atoms with Crippen LogP contribution in [0.15, 0.2) is 79.6 Å². The SMILES string of the molecule is C=CC(=O)N1CCCC(Nc2ccncc2Nc2ccc(Oc3ccccc3)c(F)c2)C1. The molecule has 4 rings (SSSR count). The lowest BCUT2D eigenvalue weighted by molar-refractivity contribution is -0.127. The molecule has 1 atom stereocenters. The Labute approximate surface area is 186 Å². The molecule has 1 saturated heterocycles. The Morgan fingerprint density at radius 2 is 2.03 bits per heavy atom. The van der Waals surface area contributed by atoms with Gasteiger partial charge in [-0.2, -0.15) is 0 Å². The lowest BCUT2D eigenvalue weighted by Gasteiger charge is -2.33. The maximum absolute atomic E-state index is 14.6. The molecule has 0 saturated carbocycles. The molecule has 164 valence electrons. The number of anilines is 3. The quantitative estimate of drug-likeness (QED) is 0.493. The van der Waals surface area contributed by atoms with Gasteiger partial charge >= 0.3 is 0 Å². The zero-order valence-corrected chi connectivity index (χ0v) is 17.6. The van der Waals surface area contributed by atoms with Gasteiger partial charge in [-0.3, -0.25) is 9.78 Å². The van der Waals surface area contributed by atoms with Gasteiger partial charge in [0, 0.05) is 37.1 Å². The van der Waals surface area contributed by atoms with E-state index in [1.807, 2.05) is 24.3 Å². The number of likely N-dealkylation sites (tertiary alicyclic amines) is 1. The molecule has 6 nitrogen and oxygen atoms in total. The Morgan fingerprint density at radius 1 is 1.19 bits per heavy atom. The number of piperidine rings is 1. The number of nitrogens with zero attached hydrogens (tertiary/aromatic N) is 2. The zero-order valence-electron chi connectivity index (χ0n) is 17.6. The summed E-state index contributed by atoms with van der Waals surface area (Å²) < 4.78 is 20.2. The van der Waals surface area contributed by atoms with E-state index in [2.05, 4.69) is 22.2 Å². The first-order chi connectivity index (χ1) is 15.6. The van der Waals surface area contributed by atoms with Gasteiger partial charge < -0.3 is 20.3 Å². The fourth-order valence-corrected chi connectivity index (χ4v) is 3.70. The summed E-state index contributed by atoms with van der Waals surface area (Å²) in [5, 5.41) is 6.71. The molecule has 3 aromatic rings. The lowest BCUT2D eigenvalue weighted by Crippen LogP contribution is -2.44. The third-order valence-corrected chi connectivity index (χ3v) is 5.27. The first-order valence-electron chi connectivity index (χ1n) is 10.5. The zero-order chi connectivity index (χ0) is 22.3. The van der Waals surface area contributed by atoms with Crippen molar-refractivity contribution in [3.05, 3.63) is 85.5 Å². The summed E-state index contributed by atoms with van der Waals surface area (Å²) in [5.74, 6) is 0.198. The van der Waals surface area contributed by atoms with Crippen molar-refractivity contribution in [1.82, 2.24) is 9.88 Å². The molecule has 1 aromatic heterocycles. The van der Waals surface area contributed by atoms with Crippen LogP contribution in [0.25, 0.3) is 0 Å². The number of carbonyl (C=O) groups is 1. The van der Waals surface area contributed by atoms with Crippen LogP contribution in [0.4, 0.5) is 21.5 Å². The van der Waals surface area contributed by atoms with E-state index in [9.17, 15) is 9.18 Å². The van der Waals surface area contributed by atoms with Crippen molar-refractivity contribution in [2.75, 3.05) is 23.7 Å². The van der Waals surface area contributed by atoms with Crippen molar-refractivity contribution in [2.24, 2.45) is 0 Å². The molecule has 1 aliphatic rings. The molecule has 32 heavy (non-hydrogen) atoms. The van der Waals surface area contributed by atoms with Crippen LogP contribution in [0, 0.1) is 5.82 Å². The number of rotatable bonds is 7. The van der Waals surface area contributed by atoms with E-state index in [-0.39, 0.29) is 17.7 Å². The van der Waals surface area contributed by atoms with Crippen molar-refractivity contribution in [2.45, 2.75) is 18.9 Å². The number of para-hydroxylation sites is 1. The molecular weight excluding hydrogens is 407 g/mol. The largest absolute Gasteiger partial charge is 0.454 e. The summed E-state index contributed by atoms with van der Waals surface area (Å²) in [6.07, 6.45) is 6.59. The maximum atomic E-state index is 14.6. The number of benzene rings is 2. The first-order valence-corrected chi connectivity index (χ1v) is 10.5. The van der Waals surface area contributed by atoms with Gasteiger partial charge in [0.05, 0.1) is 17.6 Å². The van der Waals surface area contributed by atoms with Crippen LogP contribution in [0.5, 0.6) is 11.5 Å². The van der Waals surface area contributed by atoms with Gasteiger partial charge in [-0.05, 0) is 49.2 Å². The van der Waals surface area contributed by atoms with Crippen LogP contribution < -0.4 is 15.4 Å². The van der Waals surface area contributed by atoms with Crippen molar-refractivity contribution in [3.63, 3.8) is 0 Å². The number of ether oxygens (including phenoxy) is 1. The highest BCUT2D eigenvalue weighted by molar-refractivity contribution is 5.87. The Kier molecular flexibility index (Phi) is 6.65. The van der Waals surface area contributed by atoms with Crippen molar-refractivity contribution >= 4 is 23.0 Å². The number of nitrogens with one attached hydrogen (secondary N) is 2. The van der Waals surface area contributed by atoms with Gasteiger partial charge in [0.25, 0.3) is 0 Å². The minimum atomic E-state index is -0.469. The normalized spacial score (nSPS) is 15.7. The second kappa shape index (κ2) is 9.96. The van der Waals surface area contributed by atoms with Gasteiger partial charge in [-0.25, -0.2) is 4.39 Å². The summed E-state index contributed by atoms with van der Waals surface area (Å²) in [6, 6.07) is 15.8. The summed E-state index contributed by atoms with van der Waals surface area (Å²) in [6.45, 7) is 4.91. The van der Waals surface area contributed by atoms with E-state index in [4.69, 9.17) is 4.74 Å². The molecule has 2 aromatic carbocycles. The maximum Gasteiger partial charge on any atom is 0.246 e. The van der Waals surface area contributed by atoms with E-state index in [1.165, 1.54) is 12.1 Å². The predicted molar refractivity (Wildman–Crippen MR) is 124 cm³/mol. The highest BCUT2D eigenvalue weighted by Crippen LogP contribution is 2.30. The number of hydrogen-bond acceptors (Lipinski definition) is 5. The average molecular weight is 432 g/mol. The van der Waals surface area contributed by atoms with Gasteiger partial charge in [0.15, 0.2) is 11.6 Å². The predicted octanol–water partition coefficient (Wildman–Crippen LogP) is 5.35. The molecule has 1 unspecified atom stereocenters. The number of amides is 1. The second-order valence-electron chi connectivity index (χ2n) is 7.58. The van der Waals surface area contributed by atoms with Crippen LogP contribution in [0.3, 0.4) is 0 Å². The highest BCUT2D eigenvalue weighted by Gasteiger charge is 2.22. The fraction of sp³-hybridized carbons (Fsp3) is 0.200. The number of aromatic nitrogens is 1. The molecule has 0 spiro atoms. The smallest absolute Gasteiger partial charge is 0.246 e. The summed E-state index contributed by atoms with van der Waals surface area (Å²) in [4.78, 5) is 17.9. The first kappa shape index (κ1) is 21.4. The van der Waals surface area contributed by atoms with Gasteiger partial charge in [0.2, 0.25) is 5.91 Å². The number of halogens is 1. The Morgan fingerprint density at radius 3 is 2.81 bits per heavy atom. The van der Waals surface area contributed by atoms with Crippen molar-refractivity contribution < 1.29 is 13.9 Å². The third-order valence-electron chi connectivity index (χ3n) is 5.27. The van der Waals surface area contributed by atoms with Gasteiger partial charge in [0.1, 0.15) is 5.75 Å². The van der Waals surface area contributed by atoms with Crippen LogP contribution in [-0.2, 0) is 4.79 Å². The van der Waals surface area contributed by atoms with Gasteiger partial charge in [-0.15, -0.1) is 0 Å². The Bertz CT molecular complexity index is 1090. The second-order valence-corrected chi connectivity index (χ2v) is 7.58. The fourth-order valence-electron chi connectivity index (χ4n) is 3.70. The van der Waals surface area contributed by atoms with Crippen molar-refractivity contribution in [3.8, 4) is 11.5 Å². The topological polar surface area (TPSA) is 66.5 Å². The van der Waals surface area contributed by atoms with E-state index in [0.29, 0.717) is 18.0 Å². The van der Waals surface area contributed by atoms with Crippen LogP contribution >= 0.6 is 0 Å². The Hall–Kier alpha value is -3.87. The minimum absolute atomic E-state index is 0.0575. The lowest BCUT2D eigenvalue weighted by atomic mass is 10.1.